The van der Waals surface area contributed by atoms with Gasteiger partial charge in [0.05, 0.1) is 18.5 Å². The molecule has 3 atom stereocenters. The molecule has 1 saturated heterocycles. The maximum absolute atomic E-state index is 12.7. The van der Waals surface area contributed by atoms with Gasteiger partial charge in [-0.05, 0) is 48.5 Å². The van der Waals surface area contributed by atoms with Crippen molar-refractivity contribution in [2.24, 2.45) is 5.41 Å². The third-order valence-electron chi connectivity index (χ3n) is 7.99. The first-order valence-electron chi connectivity index (χ1n) is 12.4. The standard InChI is InChI=1S/C26H35N5O3Si/c1-25(2,3)35(5,6)34-18-14-19(33-21(18)26(4)12-13-26)31-16-29-20-22(27-15-28-23(20)31)30-24(32)17-10-8-7-9-11-17/h7-11,15-16,18-19,21H,12-14H2,1-6H3,(H,27,28,30,32)/t18?,19-,21+/m1/s1. The van der Waals surface area contributed by atoms with Gasteiger partial charge >= 0.3 is 0 Å². The molecular formula is C26H35N5O3Si. The molecule has 3 heterocycles. The molecule has 1 N–H and O–H groups in total. The van der Waals surface area contributed by atoms with E-state index in [0.717, 1.165) is 19.3 Å². The van der Waals surface area contributed by atoms with E-state index in [9.17, 15) is 4.79 Å². The van der Waals surface area contributed by atoms with Crippen LogP contribution in [0.25, 0.3) is 11.2 Å². The predicted octanol–water partition coefficient (Wildman–Crippen LogP) is 5.56. The van der Waals surface area contributed by atoms with Crippen LogP contribution >= 0.6 is 0 Å². The van der Waals surface area contributed by atoms with E-state index < -0.39 is 8.32 Å². The van der Waals surface area contributed by atoms with E-state index in [1.807, 2.05) is 22.8 Å². The quantitative estimate of drug-likeness (QED) is 0.452. The highest BCUT2D eigenvalue weighted by atomic mass is 28.4. The molecule has 8 nitrogen and oxygen atoms in total. The van der Waals surface area contributed by atoms with E-state index in [1.54, 1.807) is 18.5 Å². The molecule has 3 aromatic rings. The molecule has 5 rings (SSSR count). The Morgan fingerprint density at radius 1 is 1.17 bits per heavy atom. The zero-order valence-corrected chi connectivity index (χ0v) is 22.4. The van der Waals surface area contributed by atoms with E-state index >= 15 is 0 Å². The molecule has 0 bridgehead atoms. The molecule has 2 aromatic heterocycles. The molecular weight excluding hydrogens is 458 g/mol. The van der Waals surface area contributed by atoms with Crippen LogP contribution in [-0.2, 0) is 9.16 Å². The molecule has 186 valence electrons. The number of rotatable bonds is 6. The lowest BCUT2D eigenvalue weighted by Crippen LogP contribution is -2.47. The van der Waals surface area contributed by atoms with Crippen LogP contribution in [0.5, 0.6) is 0 Å². The number of carbonyl (C=O) groups is 1. The van der Waals surface area contributed by atoms with Crippen molar-refractivity contribution in [1.82, 2.24) is 19.5 Å². The summed E-state index contributed by atoms with van der Waals surface area (Å²) in [5, 5.41) is 3.00. The SMILES string of the molecule is CC1([C@H]2O[C@@H](n3cnc4c(NC(=O)c5ccccc5)ncnc43)CC2O[Si](C)(C)C(C)(C)C)CC1. The second-order valence-electron chi connectivity index (χ2n) is 11.7. The average Bonchev–Trinajstić information content (AvgIpc) is 3.20. The van der Waals surface area contributed by atoms with Gasteiger partial charge in [0.15, 0.2) is 25.3 Å². The van der Waals surface area contributed by atoms with E-state index in [2.05, 4.69) is 61.1 Å². The molecule has 0 spiro atoms. The minimum atomic E-state index is -1.97. The second-order valence-corrected chi connectivity index (χ2v) is 16.4. The normalized spacial score (nSPS) is 24.0. The summed E-state index contributed by atoms with van der Waals surface area (Å²) in [5.41, 5.74) is 1.90. The largest absolute Gasteiger partial charge is 0.411 e. The van der Waals surface area contributed by atoms with Crippen molar-refractivity contribution in [2.75, 3.05) is 5.32 Å². The Morgan fingerprint density at radius 3 is 2.54 bits per heavy atom. The van der Waals surface area contributed by atoms with Crippen LogP contribution < -0.4 is 5.32 Å². The Balaban J connectivity index is 1.41. The molecule has 35 heavy (non-hydrogen) atoms. The number of aromatic nitrogens is 4. The number of carbonyl (C=O) groups excluding carboxylic acids is 1. The summed E-state index contributed by atoms with van der Waals surface area (Å²) in [4.78, 5) is 26.0. The number of anilines is 1. The first-order chi connectivity index (χ1) is 16.5. The maximum atomic E-state index is 12.7. The van der Waals surface area contributed by atoms with Crippen molar-refractivity contribution < 1.29 is 14.0 Å². The monoisotopic (exact) mass is 493 g/mol. The lowest BCUT2D eigenvalue weighted by atomic mass is 9.97. The van der Waals surface area contributed by atoms with Gasteiger partial charge in [0.2, 0.25) is 0 Å². The number of amides is 1. The van der Waals surface area contributed by atoms with Crippen LogP contribution in [0.15, 0.2) is 43.0 Å². The fourth-order valence-corrected chi connectivity index (χ4v) is 5.83. The molecule has 1 aliphatic heterocycles. The summed E-state index contributed by atoms with van der Waals surface area (Å²) >= 11 is 0. The van der Waals surface area contributed by atoms with Crippen molar-refractivity contribution in [3.05, 3.63) is 48.5 Å². The third-order valence-corrected chi connectivity index (χ3v) is 12.5. The fourth-order valence-electron chi connectivity index (χ4n) is 4.50. The number of fused-ring (bicyclic) bond motifs is 1. The van der Waals surface area contributed by atoms with Crippen LogP contribution in [-0.4, -0.2) is 46.0 Å². The number of hydrogen-bond acceptors (Lipinski definition) is 6. The van der Waals surface area contributed by atoms with E-state index in [1.165, 1.54) is 6.33 Å². The molecule has 1 amide bonds. The van der Waals surface area contributed by atoms with Gasteiger partial charge < -0.3 is 14.5 Å². The summed E-state index contributed by atoms with van der Waals surface area (Å²) in [5.74, 6) is 0.155. The van der Waals surface area contributed by atoms with Gasteiger partial charge in [0.25, 0.3) is 5.91 Å². The Bertz CT molecular complexity index is 1230. The number of ether oxygens (including phenoxy) is 1. The van der Waals surface area contributed by atoms with E-state index in [-0.39, 0.29) is 34.8 Å². The van der Waals surface area contributed by atoms with Gasteiger partial charge in [-0.3, -0.25) is 9.36 Å². The van der Waals surface area contributed by atoms with Crippen molar-refractivity contribution in [3.8, 4) is 0 Å². The number of hydrogen-bond donors (Lipinski definition) is 1. The first-order valence-corrected chi connectivity index (χ1v) is 15.3. The average molecular weight is 494 g/mol. The predicted molar refractivity (Wildman–Crippen MR) is 138 cm³/mol. The van der Waals surface area contributed by atoms with Gasteiger partial charge in [0, 0.05) is 12.0 Å². The summed E-state index contributed by atoms with van der Waals surface area (Å²) in [6, 6.07) is 9.06. The lowest BCUT2D eigenvalue weighted by molar-refractivity contribution is -0.0494. The van der Waals surface area contributed by atoms with Crippen LogP contribution in [0.3, 0.4) is 0 Å². The summed E-state index contributed by atoms with van der Waals surface area (Å²) in [6.45, 7) is 13.7. The van der Waals surface area contributed by atoms with Crippen LogP contribution in [0.4, 0.5) is 5.82 Å². The number of imidazole rings is 1. The summed E-state index contributed by atoms with van der Waals surface area (Å²) < 4.78 is 15.5. The number of nitrogens with one attached hydrogen (secondary N) is 1. The smallest absolute Gasteiger partial charge is 0.256 e. The van der Waals surface area contributed by atoms with Gasteiger partial charge in [0.1, 0.15) is 12.6 Å². The minimum absolute atomic E-state index is 0.0323. The molecule has 2 fully saturated rings. The Labute approximate surface area is 207 Å². The summed E-state index contributed by atoms with van der Waals surface area (Å²) in [6.07, 6.45) is 6.10. The van der Waals surface area contributed by atoms with Crippen molar-refractivity contribution >= 4 is 31.2 Å². The molecule has 1 aliphatic carbocycles. The highest BCUT2D eigenvalue weighted by molar-refractivity contribution is 6.74. The van der Waals surface area contributed by atoms with Crippen molar-refractivity contribution in [2.45, 2.75) is 83.5 Å². The molecule has 1 aromatic carbocycles. The molecule has 9 heteroatoms. The zero-order valence-electron chi connectivity index (χ0n) is 21.4. The second kappa shape index (κ2) is 8.50. The third kappa shape index (κ3) is 4.52. The van der Waals surface area contributed by atoms with Gasteiger partial charge in [-0.2, -0.15) is 0 Å². The maximum Gasteiger partial charge on any atom is 0.256 e. The molecule has 2 aliphatic rings. The van der Waals surface area contributed by atoms with Crippen LogP contribution in [0, 0.1) is 5.41 Å². The summed E-state index contributed by atoms with van der Waals surface area (Å²) in [7, 11) is -1.97. The molecule has 1 unspecified atom stereocenters. The molecule has 0 radical (unpaired) electrons. The lowest BCUT2D eigenvalue weighted by Gasteiger charge is -2.40. The van der Waals surface area contributed by atoms with E-state index in [4.69, 9.17) is 9.16 Å². The first kappa shape index (κ1) is 24.1. The Morgan fingerprint density at radius 2 is 1.89 bits per heavy atom. The van der Waals surface area contributed by atoms with Crippen LogP contribution in [0.2, 0.25) is 18.1 Å². The topological polar surface area (TPSA) is 91.2 Å². The van der Waals surface area contributed by atoms with Gasteiger partial charge in [-0.25, -0.2) is 15.0 Å². The Hall–Kier alpha value is -2.62. The highest BCUT2D eigenvalue weighted by Gasteiger charge is 2.56. The number of benzene rings is 1. The zero-order chi connectivity index (χ0) is 25.0. The van der Waals surface area contributed by atoms with Crippen molar-refractivity contribution in [1.29, 1.82) is 0 Å². The van der Waals surface area contributed by atoms with Gasteiger partial charge in [-0.15, -0.1) is 0 Å². The fraction of sp³-hybridized carbons (Fsp3) is 0.538. The van der Waals surface area contributed by atoms with Crippen LogP contribution in [0.1, 0.15) is 63.5 Å². The Kier molecular flexibility index (Phi) is 5.85. The van der Waals surface area contributed by atoms with Crippen molar-refractivity contribution in [3.63, 3.8) is 0 Å². The molecule has 1 saturated carbocycles. The number of nitrogens with zero attached hydrogens (tertiary/aromatic N) is 4. The van der Waals surface area contributed by atoms with E-state index in [0.29, 0.717) is 22.5 Å². The minimum Gasteiger partial charge on any atom is -0.411 e. The van der Waals surface area contributed by atoms with Gasteiger partial charge in [-0.1, -0.05) is 45.9 Å². The highest BCUT2D eigenvalue weighted by Crippen LogP contribution is 2.56.